The van der Waals surface area contributed by atoms with Crippen LogP contribution in [0, 0.1) is 0 Å². The molecule has 0 aliphatic heterocycles. The van der Waals surface area contributed by atoms with Crippen LogP contribution in [0.5, 0.6) is 11.5 Å². The standard InChI is InChI=1S/C18H15NO3S/c1-3-6-12-7-4-5-8-14(12)22-15-10-19-11-17-13(15)9-16(23-17)18(20)21-2/h3-5,7-11H,1,6H2,2H3. The monoisotopic (exact) mass is 325 g/mol. The van der Waals surface area contributed by atoms with Crippen molar-refractivity contribution in [3.05, 3.63) is 65.8 Å². The number of hydrogen-bond acceptors (Lipinski definition) is 5. The highest BCUT2D eigenvalue weighted by Crippen LogP contribution is 2.35. The fraction of sp³-hybridized carbons (Fsp3) is 0.111. The summed E-state index contributed by atoms with van der Waals surface area (Å²) >= 11 is 1.34. The number of para-hydroxylation sites is 1. The van der Waals surface area contributed by atoms with E-state index in [1.165, 1.54) is 18.4 Å². The zero-order valence-corrected chi connectivity index (χ0v) is 13.4. The summed E-state index contributed by atoms with van der Waals surface area (Å²) in [6.07, 6.45) is 5.92. The molecule has 0 aliphatic rings. The van der Waals surface area contributed by atoms with Crippen LogP contribution in [0.2, 0.25) is 0 Å². The number of allylic oxidation sites excluding steroid dienone is 1. The van der Waals surface area contributed by atoms with E-state index in [0.717, 1.165) is 27.8 Å². The molecule has 1 aromatic carbocycles. The quantitative estimate of drug-likeness (QED) is 0.508. The number of nitrogens with zero attached hydrogens (tertiary/aromatic N) is 1. The number of methoxy groups -OCH3 is 1. The second-order valence-electron chi connectivity index (χ2n) is 4.85. The summed E-state index contributed by atoms with van der Waals surface area (Å²) in [7, 11) is 1.37. The first-order valence-corrected chi connectivity index (χ1v) is 7.87. The number of aromatic nitrogens is 1. The van der Waals surface area contributed by atoms with E-state index < -0.39 is 0 Å². The molecule has 0 saturated heterocycles. The molecule has 0 amide bonds. The Bertz CT molecular complexity index is 870. The Morgan fingerprint density at radius 2 is 2.13 bits per heavy atom. The fourth-order valence-corrected chi connectivity index (χ4v) is 3.23. The van der Waals surface area contributed by atoms with Crippen molar-refractivity contribution in [1.82, 2.24) is 4.98 Å². The van der Waals surface area contributed by atoms with Crippen LogP contribution in [-0.4, -0.2) is 18.1 Å². The third kappa shape index (κ3) is 3.10. The van der Waals surface area contributed by atoms with Gasteiger partial charge in [0, 0.05) is 11.6 Å². The Balaban J connectivity index is 2.02. The van der Waals surface area contributed by atoms with Gasteiger partial charge in [0.1, 0.15) is 10.6 Å². The SMILES string of the molecule is C=CCc1ccccc1Oc1cncc2sc(C(=O)OC)cc12. The maximum absolute atomic E-state index is 11.7. The maximum Gasteiger partial charge on any atom is 0.348 e. The molecule has 2 heterocycles. The van der Waals surface area contributed by atoms with Crippen LogP contribution in [0.15, 0.2) is 55.4 Å². The number of carbonyl (C=O) groups excluding carboxylic acids is 1. The second kappa shape index (κ2) is 6.62. The third-order valence-electron chi connectivity index (χ3n) is 3.35. The van der Waals surface area contributed by atoms with Gasteiger partial charge in [-0.3, -0.25) is 4.98 Å². The molecule has 2 aromatic heterocycles. The molecule has 0 radical (unpaired) electrons. The van der Waals surface area contributed by atoms with E-state index in [1.807, 2.05) is 30.3 Å². The Morgan fingerprint density at radius 3 is 2.91 bits per heavy atom. The number of benzene rings is 1. The Hall–Kier alpha value is -2.66. The molecule has 0 spiro atoms. The first-order valence-electron chi connectivity index (χ1n) is 7.05. The first kappa shape index (κ1) is 15.2. The molecule has 0 saturated carbocycles. The summed E-state index contributed by atoms with van der Waals surface area (Å²) in [6, 6.07) is 9.57. The topological polar surface area (TPSA) is 48.4 Å². The van der Waals surface area contributed by atoms with Crippen molar-refractivity contribution < 1.29 is 14.3 Å². The number of fused-ring (bicyclic) bond motifs is 1. The highest BCUT2D eigenvalue weighted by Gasteiger charge is 2.14. The molecule has 0 fully saturated rings. The summed E-state index contributed by atoms with van der Waals surface area (Å²) in [5.74, 6) is 1.02. The molecule has 3 aromatic rings. The lowest BCUT2D eigenvalue weighted by Gasteiger charge is -2.10. The summed E-state index contributed by atoms with van der Waals surface area (Å²) in [6.45, 7) is 3.77. The molecule has 5 heteroatoms. The van der Waals surface area contributed by atoms with E-state index in [0.29, 0.717) is 10.6 Å². The zero-order chi connectivity index (χ0) is 16.2. The van der Waals surface area contributed by atoms with E-state index in [4.69, 9.17) is 9.47 Å². The van der Waals surface area contributed by atoms with Crippen molar-refractivity contribution in [3.63, 3.8) is 0 Å². The van der Waals surface area contributed by atoms with E-state index in [-0.39, 0.29) is 5.97 Å². The molecule has 4 nitrogen and oxygen atoms in total. The number of hydrogen-bond donors (Lipinski definition) is 0. The maximum atomic E-state index is 11.7. The van der Waals surface area contributed by atoms with Gasteiger partial charge in [0.25, 0.3) is 0 Å². The normalized spacial score (nSPS) is 10.5. The van der Waals surface area contributed by atoms with Gasteiger partial charge in [-0.25, -0.2) is 4.79 Å². The van der Waals surface area contributed by atoms with Crippen molar-refractivity contribution in [2.45, 2.75) is 6.42 Å². The summed E-state index contributed by atoms with van der Waals surface area (Å²) in [5, 5.41) is 0.846. The smallest absolute Gasteiger partial charge is 0.348 e. The van der Waals surface area contributed by atoms with Crippen LogP contribution in [-0.2, 0) is 11.2 Å². The number of pyridine rings is 1. The van der Waals surface area contributed by atoms with Crippen LogP contribution >= 0.6 is 11.3 Å². The number of rotatable bonds is 5. The van der Waals surface area contributed by atoms with Crippen LogP contribution in [0.3, 0.4) is 0 Å². The molecule has 116 valence electrons. The number of carbonyl (C=O) groups is 1. The molecule has 23 heavy (non-hydrogen) atoms. The lowest BCUT2D eigenvalue weighted by molar-refractivity contribution is 0.0606. The van der Waals surface area contributed by atoms with Crippen molar-refractivity contribution in [1.29, 1.82) is 0 Å². The number of ether oxygens (including phenoxy) is 2. The van der Waals surface area contributed by atoms with Gasteiger partial charge < -0.3 is 9.47 Å². The van der Waals surface area contributed by atoms with E-state index in [9.17, 15) is 4.79 Å². The average molecular weight is 325 g/mol. The second-order valence-corrected chi connectivity index (χ2v) is 5.94. The molecule has 0 N–H and O–H groups in total. The number of esters is 1. The van der Waals surface area contributed by atoms with Gasteiger partial charge in [-0.15, -0.1) is 17.9 Å². The van der Waals surface area contributed by atoms with E-state index in [1.54, 1.807) is 18.5 Å². The Morgan fingerprint density at radius 1 is 1.30 bits per heavy atom. The van der Waals surface area contributed by atoms with Crippen molar-refractivity contribution >= 4 is 27.4 Å². The first-order chi connectivity index (χ1) is 11.2. The molecule has 0 aliphatic carbocycles. The highest BCUT2D eigenvalue weighted by molar-refractivity contribution is 7.20. The molecule has 3 rings (SSSR count). The van der Waals surface area contributed by atoms with E-state index >= 15 is 0 Å². The lowest BCUT2D eigenvalue weighted by Crippen LogP contribution is -1.96. The highest BCUT2D eigenvalue weighted by atomic mass is 32.1. The minimum Gasteiger partial charge on any atom is -0.465 e. The molecule has 0 unspecified atom stereocenters. The molecular formula is C18H15NO3S. The van der Waals surface area contributed by atoms with Gasteiger partial charge in [-0.2, -0.15) is 0 Å². The minimum atomic E-state index is -0.357. The zero-order valence-electron chi connectivity index (χ0n) is 12.6. The lowest BCUT2D eigenvalue weighted by atomic mass is 10.1. The van der Waals surface area contributed by atoms with Gasteiger partial charge in [-0.1, -0.05) is 24.3 Å². The van der Waals surface area contributed by atoms with E-state index in [2.05, 4.69) is 11.6 Å². The largest absolute Gasteiger partial charge is 0.465 e. The van der Waals surface area contributed by atoms with Crippen LogP contribution in [0.1, 0.15) is 15.2 Å². The molecular weight excluding hydrogens is 310 g/mol. The van der Waals surface area contributed by atoms with Gasteiger partial charge in [-0.05, 0) is 24.1 Å². The van der Waals surface area contributed by atoms with Crippen molar-refractivity contribution in [3.8, 4) is 11.5 Å². The average Bonchev–Trinajstić information content (AvgIpc) is 3.01. The minimum absolute atomic E-state index is 0.357. The number of thiophene rings is 1. The van der Waals surface area contributed by atoms with Crippen LogP contribution < -0.4 is 4.74 Å². The van der Waals surface area contributed by atoms with Crippen molar-refractivity contribution in [2.24, 2.45) is 0 Å². The van der Waals surface area contributed by atoms with Crippen LogP contribution in [0.4, 0.5) is 0 Å². The molecule has 0 atom stereocenters. The Labute approximate surface area is 138 Å². The summed E-state index contributed by atoms with van der Waals surface area (Å²) < 4.78 is 11.7. The van der Waals surface area contributed by atoms with Gasteiger partial charge in [0.15, 0.2) is 5.75 Å². The summed E-state index contributed by atoms with van der Waals surface area (Å²) in [5.41, 5.74) is 1.04. The third-order valence-corrected chi connectivity index (χ3v) is 4.40. The molecule has 0 bridgehead atoms. The predicted octanol–water partition coefficient (Wildman–Crippen LogP) is 4.60. The Kier molecular flexibility index (Phi) is 4.39. The predicted molar refractivity (Wildman–Crippen MR) is 91.4 cm³/mol. The van der Waals surface area contributed by atoms with Crippen molar-refractivity contribution in [2.75, 3.05) is 7.11 Å². The van der Waals surface area contributed by atoms with Gasteiger partial charge in [0.2, 0.25) is 0 Å². The summed E-state index contributed by atoms with van der Waals surface area (Å²) in [4.78, 5) is 16.4. The fourth-order valence-electron chi connectivity index (χ4n) is 2.26. The van der Waals surface area contributed by atoms with Gasteiger partial charge in [0.05, 0.1) is 18.0 Å². The van der Waals surface area contributed by atoms with Gasteiger partial charge >= 0.3 is 5.97 Å². The van der Waals surface area contributed by atoms with Crippen LogP contribution in [0.25, 0.3) is 10.1 Å².